The van der Waals surface area contributed by atoms with Crippen LogP contribution in [0, 0.1) is 0 Å². The van der Waals surface area contributed by atoms with Gasteiger partial charge in [-0.25, -0.2) is 0 Å². The predicted octanol–water partition coefficient (Wildman–Crippen LogP) is 0.398. The fourth-order valence-electron chi connectivity index (χ4n) is 1.73. The van der Waals surface area contributed by atoms with Crippen molar-refractivity contribution in [1.82, 2.24) is 5.32 Å². The minimum absolute atomic E-state index is 0.0619. The molecule has 0 spiro atoms. The molecule has 0 aromatic carbocycles. The summed E-state index contributed by atoms with van der Waals surface area (Å²) in [5, 5.41) is 20.4. The lowest BCUT2D eigenvalue weighted by atomic mass is 10.0. The lowest BCUT2D eigenvalue weighted by Gasteiger charge is -2.39. The molecule has 1 aliphatic rings. The van der Waals surface area contributed by atoms with Gasteiger partial charge in [0.15, 0.2) is 0 Å². The van der Waals surface area contributed by atoms with E-state index >= 15 is 0 Å². The van der Waals surface area contributed by atoms with Gasteiger partial charge >= 0.3 is 11.9 Å². The van der Waals surface area contributed by atoms with Crippen LogP contribution in [0.5, 0.6) is 0 Å². The molecular formula is C9H15NO4S. The van der Waals surface area contributed by atoms with Crippen molar-refractivity contribution in [3.63, 3.8) is 0 Å². The number of carbonyl (C=O) groups is 2. The van der Waals surface area contributed by atoms with Gasteiger partial charge in [-0.05, 0) is 13.8 Å². The highest BCUT2D eigenvalue weighted by Crippen LogP contribution is 2.36. The molecule has 0 bridgehead atoms. The molecule has 0 radical (unpaired) electrons. The number of carboxylic acid groups (broad SMARTS) is 2. The fourth-order valence-corrected chi connectivity index (χ4v) is 3.31. The topological polar surface area (TPSA) is 86.6 Å². The first-order valence-corrected chi connectivity index (χ1v) is 5.56. The van der Waals surface area contributed by atoms with Gasteiger partial charge in [0.2, 0.25) is 0 Å². The van der Waals surface area contributed by atoms with E-state index in [4.69, 9.17) is 10.2 Å². The van der Waals surface area contributed by atoms with E-state index in [-0.39, 0.29) is 11.7 Å². The normalized spacial score (nSPS) is 29.7. The zero-order valence-electron chi connectivity index (χ0n) is 8.69. The van der Waals surface area contributed by atoms with Crippen molar-refractivity contribution < 1.29 is 19.8 Å². The molecule has 1 aliphatic heterocycles. The third-order valence-electron chi connectivity index (χ3n) is 2.36. The molecule has 5 nitrogen and oxygen atoms in total. The highest BCUT2D eigenvalue weighted by molar-refractivity contribution is 8.01. The van der Waals surface area contributed by atoms with Crippen LogP contribution in [0.3, 0.4) is 0 Å². The molecule has 1 rings (SSSR count). The highest BCUT2D eigenvalue weighted by Gasteiger charge is 2.41. The second-order valence-electron chi connectivity index (χ2n) is 4.12. The summed E-state index contributed by atoms with van der Waals surface area (Å²) in [7, 11) is 0. The van der Waals surface area contributed by atoms with Gasteiger partial charge in [-0.3, -0.25) is 9.59 Å². The summed E-state index contributed by atoms with van der Waals surface area (Å²) in [6, 6.07) is -0.618. The molecule has 1 heterocycles. The van der Waals surface area contributed by atoms with Crippen LogP contribution in [0.15, 0.2) is 0 Å². The Balaban J connectivity index is 2.64. The maximum absolute atomic E-state index is 10.9. The molecule has 2 atom stereocenters. The first-order chi connectivity index (χ1) is 6.83. The van der Waals surface area contributed by atoms with Crippen LogP contribution in [0.25, 0.3) is 0 Å². The van der Waals surface area contributed by atoms with Crippen molar-refractivity contribution in [3.8, 4) is 0 Å². The summed E-state index contributed by atoms with van der Waals surface area (Å²) in [6.07, 6.45) is 0.0629. The summed E-state index contributed by atoms with van der Waals surface area (Å²) in [6.45, 7) is 4.06. The van der Waals surface area contributed by atoms with Gasteiger partial charge in [0.25, 0.3) is 0 Å². The van der Waals surface area contributed by atoms with Gasteiger partial charge < -0.3 is 15.5 Å². The van der Waals surface area contributed by atoms with Crippen LogP contribution in [-0.2, 0) is 9.59 Å². The van der Waals surface area contributed by atoms with Gasteiger partial charge in [-0.2, -0.15) is 0 Å². The number of hydrogen-bond acceptors (Lipinski definition) is 4. The molecule has 3 N–H and O–H groups in total. The van der Waals surface area contributed by atoms with Gasteiger partial charge in [0.1, 0.15) is 6.04 Å². The van der Waals surface area contributed by atoms with Crippen LogP contribution in [0.1, 0.15) is 20.3 Å². The maximum Gasteiger partial charge on any atom is 0.322 e. The first-order valence-electron chi connectivity index (χ1n) is 4.68. The number of carboxylic acids is 2. The molecule has 1 saturated heterocycles. The van der Waals surface area contributed by atoms with Crippen LogP contribution in [0.2, 0.25) is 0 Å². The van der Waals surface area contributed by atoms with E-state index in [1.807, 2.05) is 13.8 Å². The Morgan fingerprint density at radius 3 is 2.47 bits per heavy atom. The monoisotopic (exact) mass is 233 g/mol. The second-order valence-corrected chi connectivity index (χ2v) is 6.08. The average Bonchev–Trinajstić information content (AvgIpc) is 1.99. The Morgan fingerprint density at radius 2 is 2.07 bits per heavy atom. The van der Waals surface area contributed by atoms with Crippen LogP contribution >= 0.6 is 11.8 Å². The van der Waals surface area contributed by atoms with Gasteiger partial charge in [-0.1, -0.05) is 0 Å². The lowest BCUT2D eigenvalue weighted by molar-refractivity contribution is -0.140. The maximum atomic E-state index is 10.9. The Bertz CT molecular complexity index is 279. The molecule has 6 heteroatoms. The van der Waals surface area contributed by atoms with Crippen molar-refractivity contribution in [2.45, 2.75) is 36.3 Å². The van der Waals surface area contributed by atoms with Crippen molar-refractivity contribution in [1.29, 1.82) is 0 Å². The summed E-state index contributed by atoms with van der Waals surface area (Å²) in [5.41, 5.74) is 0. The molecule has 0 saturated carbocycles. The van der Waals surface area contributed by atoms with E-state index in [0.29, 0.717) is 6.54 Å². The number of hydrogen-bond donors (Lipinski definition) is 3. The molecular weight excluding hydrogens is 218 g/mol. The molecule has 0 amide bonds. The first kappa shape index (κ1) is 12.3. The third kappa shape index (κ3) is 3.10. The minimum Gasteiger partial charge on any atom is -0.481 e. The quantitative estimate of drug-likeness (QED) is 0.654. The van der Waals surface area contributed by atoms with E-state index in [0.717, 1.165) is 0 Å². The number of thioether (sulfide) groups is 1. The number of rotatable bonds is 3. The molecule has 2 unspecified atom stereocenters. The molecule has 1 fully saturated rings. The Labute approximate surface area is 92.2 Å². The zero-order chi connectivity index (χ0) is 11.6. The Kier molecular flexibility index (Phi) is 3.62. The molecule has 0 aromatic rings. The summed E-state index contributed by atoms with van der Waals surface area (Å²) in [5.74, 6) is -1.74. The predicted molar refractivity (Wildman–Crippen MR) is 57.1 cm³/mol. The standard InChI is InChI=1S/C9H15NO4S/c1-9(2)7(8(13)14)10-4-5(15-9)3-6(11)12/h5,7,10H,3-4H2,1-2H3,(H,11,12)(H,13,14). The van der Waals surface area contributed by atoms with E-state index in [2.05, 4.69) is 5.32 Å². The van der Waals surface area contributed by atoms with Crippen molar-refractivity contribution in [3.05, 3.63) is 0 Å². The fraction of sp³-hybridized carbons (Fsp3) is 0.778. The van der Waals surface area contributed by atoms with E-state index < -0.39 is 22.7 Å². The third-order valence-corrected chi connectivity index (χ3v) is 3.87. The minimum atomic E-state index is -0.888. The Hall–Kier alpha value is -0.750. The smallest absolute Gasteiger partial charge is 0.322 e. The van der Waals surface area contributed by atoms with Crippen molar-refractivity contribution in [2.24, 2.45) is 0 Å². The molecule has 0 aliphatic carbocycles. The van der Waals surface area contributed by atoms with E-state index in [9.17, 15) is 9.59 Å². The largest absolute Gasteiger partial charge is 0.481 e. The average molecular weight is 233 g/mol. The van der Waals surface area contributed by atoms with E-state index in [1.165, 1.54) is 11.8 Å². The van der Waals surface area contributed by atoms with Crippen molar-refractivity contribution in [2.75, 3.05) is 6.54 Å². The lowest BCUT2D eigenvalue weighted by Crippen LogP contribution is -2.57. The zero-order valence-corrected chi connectivity index (χ0v) is 9.50. The van der Waals surface area contributed by atoms with Crippen LogP contribution in [-0.4, -0.2) is 44.7 Å². The second kappa shape index (κ2) is 4.40. The summed E-state index contributed by atoms with van der Waals surface area (Å²) >= 11 is 1.43. The molecule has 15 heavy (non-hydrogen) atoms. The highest BCUT2D eigenvalue weighted by atomic mass is 32.2. The molecule has 0 aromatic heterocycles. The van der Waals surface area contributed by atoms with Gasteiger partial charge in [-0.15, -0.1) is 11.8 Å². The van der Waals surface area contributed by atoms with Crippen molar-refractivity contribution >= 4 is 23.7 Å². The van der Waals surface area contributed by atoms with Gasteiger partial charge in [0.05, 0.1) is 6.42 Å². The van der Waals surface area contributed by atoms with Crippen LogP contribution < -0.4 is 5.32 Å². The number of nitrogens with one attached hydrogen (secondary N) is 1. The molecule has 86 valence electrons. The van der Waals surface area contributed by atoms with E-state index in [1.54, 1.807) is 0 Å². The number of aliphatic carboxylic acids is 2. The SMILES string of the molecule is CC1(C)SC(CC(=O)O)CNC1C(=O)O. The summed E-state index contributed by atoms with van der Waals surface area (Å²) < 4.78 is -0.482. The summed E-state index contributed by atoms with van der Waals surface area (Å²) in [4.78, 5) is 21.4. The van der Waals surface area contributed by atoms with Crippen LogP contribution in [0.4, 0.5) is 0 Å². The Morgan fingerprint density at radius 1 is 1.47 bits per heavy atom. The van der Waals surface area contributed by atoms with Gasteiger partial charge in [0, 0.05) is 16.5 Å².